The molecule has 3 rings (SSSR count). The van der Waals surface area contributed by atoms with Gasteiger partial charge >= 0.3 is 6.18 Å². The lowest BCUT2D eigenvalue weighted by Gasteiger charge is -2.16. The Balaban J connectivity index is 1.73. The number of anilines is 1. The van der Waals surface area contributed by atoms with Crippen molar-refractivity contribution in [3.8, 4) is 22.8 Å². The van der Waals surface area contributed by atoms with Gasteiger partial charge in [-0.15, -0.1) is 0 Å². The zero-order valence-electron chi connectivity index (χ0n) is 16.7. The van der Waals surface area contributed by atoms with E-state index in [0.717, 1.165) is 11.6 Å². The second-order valence-corrected chi connectivity index (χ2v) is 6.99. The number of hydrogen-bond acceptors (Lipinski definition) is 6. The van der Waals surface area contributed by atoms with E-state index in [1.807, 2.05) is 6.07 Å². The molecule has 0 saturated carbocycles. The number of rotatable bonds is 7. The van der Waals surface area contributed by atoms with Crippen molar-refractivity contribution in [2.75, 3.05) is 26.1 Å². The molecule has 10 heteroatoms. The lowest BCUT2D eigenvalue weighted by atomic mass is 10.1. The third-order valence-corrected chi connectivity index (χ3v) is 4.89. The Morgan fingerprint density at radius 2 is 1.77 bits per heavy atom. The molecule has 3 aromatic rings. The van der Waals surface area contributed by atoms with Crippen LogP contribution in [0.25, 0.3) is 11.3 Å². The molecule has 1 aromatic heterocycles. The maximum Gasteiger partial charge on any atom is 0.417 e. The first-order valence-corrected chi connectivity index (χ1v) is 9.51. The Kier molecular flexibility index (Phi) is 6.87. The number of ether oxygens (including phenoxy) is 2. The first-order valence-electron chi connectivity index (χ1n) is 9.13. The minimum Gasteiger partial charge on any atom is -0.493 e. The van der Waals surface area contributed by atoms with Crippen molar-refractivity contribution in [3.05, 3.63) is 64.9 Å². The van der Waals surface area contributed by atoms with Crippen LogP contribution in [0.2, 0.25) is 5.02 Å². The summed E-state index contributed by atoms with van der Waals surface area (Å²) in [5.74, 6) is 1.64. The molecule has 0 radical (unpaired) electrons. The molecular formula is C21H20ClF3N4O2. The van der Waals surface area contributed by atoms with Gasteiger partial charge < -0.3 is 20.5 Å². The van der Waals surface area contributed by atoms with Crippen LogP contribution in [-0.4, -0.2) is 30.7 Å². The van der Waals surface area contributed by atoms with E-state index in [1.54, 1.807) is 32.4 Å². The van der Waals surface area contributed by atoms with Crippen LogP contribution in [0.5, 0.6) is 11.5 Å². The van der Waals surface area contributed by atoms with Crippen LogP contribution in [0.3, 0.4) is 0 Å². The van der Waals surface area contributed by atoms with E-state index in [9.17, 15) is 13.2 Å². The number of methoxy groups -OCH3 is 2. The molecule has 0 aliphatic carbocycles. The zero-order valence-corrected chi connectivity index (χ0v) is 17.5. The number of aromatic nitrogens is 2. The molecule has 0 bridgehead atoms. The van der Waals surface area contributed by atoms with Crippen molar-refractivity contribution in [1.82, 2.24) is 9.97 Å². The standard InChI is InChI=1S/C21H20ClF3N4O2/c1-30-18-6-4-12(8-19(18)31-2)16(26)10-27-20-9-17(28-11-29-20)13-3-5-14(15(22)7-13)21(23,24)25/h3-9,11,16H,10,26H2,1-2H3,(H,27,28,29)/t16-/m0/s1. The summed E-state index contributed by atoms with van der Waals surface area (Å²) in [5, 5.41) is 2.71. The summed E-state index contributed by atoms with van der Waals surface area (Å²) in [7, 11) is 3.09. The van der Waals surface area contributed by atoms with E-state index in [1.165, 1.54) is 18.5 Å². The maximum atomic E-state index is 12.9. The van der Waals surface area contributed by atoms with Gasteiger partial charge in [0.05, 0.1) is 30.5 Å². The molecule has 0 fully saturated rings. The van der Waals surface area contributed by atoms with Crippen LogP contribution in [0.1, 0.15) is 17.2 Å². The molecule has 0 aliphatic heterocycles. The summed E-state index contributed by atoms with van der Waals surface area (Å²) in [6.07, 6.45) is -3.21. The predicted octanol–water partition coefficient (Wildman–Crippen LogP) is 4.94. The van der Waals surface area contributed by atoms with Crippen molar-refractivity contribution in [3.63, 3.8) is 0 Å². The summed E-state index contributed by atoms with van der Waals surface area (Å²) in [4.78, 5) is 8.25. The molecule has 164 valence electrons. The molecular weight excluding hydrogens is 433 g/mol. The fraction of sp³-hybridized carbons (Fsp3) is 0.238. The minimum atomic E-state index is -4.52. The number of nitrogens with two attached hydrogens (primary N) is 1. The van der Waals surface area contributed by atoms with Gasteiger partial charge in [-0.1, -0.05) is 23.7 Å². The lowest BCUT2D eigenvalue weighted by Crippen LogP contribution is -2.21. The molecule has 0 unspecified atom stereocenters. The molecule has 1 atom stereocenters. The Morgan fingerprint density at radius 1 is 1.03 bits per heavy atom. The lowest BCUT2D eigenvalue weighted by molar-refractivity contribution is -0.137. The third-order valence-electron chi connectivity index (χ3n) is 4.58. The number of nitrogens with one attached hydrogen (secondary N) is 1. The number of nitrogens with zero attached hydrogens (tertiary/aromatic N) is 2. The molecule has 31 heavy (non-hydrogen) atoms. The van der Waals surface area contributed by atoms with Gasteiger partial charge in [0, 0.05) is 24.2 Å². The fourth-order valence-corrected chi connectivity index (χ4v) is 3.22. The third kappa shape index (κ3) is 5.36. The van der Waals surface area contributed by atoms with E-state index in [-0.39, 0.29) is 6.04 Å². The van der Waals surface area contributed by atoms with Crippen molar-refractivity contribution in [1.29, 1.82) is 0 Å². The van der Waals surface area contributed by atoms with E-state index in [0.29, 0.717) is 35.1 Å². The SMILES string of the molecule is COc1ccc([C@@H](N)CNc2cc(-c3ccc(C(F)(F)F)c(Cl)c3)ncn2)cc1OC. The summed E-state index contributed by atoms with van der Waals surface area (Å²) in [5.41, 5.74) is 7.05. The second kappa shape index (κ2) is 9.40. The summed E-state index contributed by atoms with van der Waals surface area (Å²) in [6.45, 7) is 0.347. The molecule has 2 aromatic carbocycles. The normalized spacial score (nSPS) is 12.4. The number of benzene rings is 2. The van der Waals surface area contributed by atoms with Gasteiger partial charge in [0.15, 0.2) is 11.5 Å². The topological polar surface area (TPSA) is 82.3 Å². The number of alkyl halides is 3. The van der Waals surface area contributed by atoms with Gasteiger partial charge in [-0.2, -0.15) is 13.2 Å². The van der Waals surface area contributed by atoms with Crippen molar-refractivity contribution < 1.29 is 22.6 Å². The van der Waals surface area contributed by atoms with Crippen LogP contribution in [0.4, 0.5) is 19.0 Å². The van der Waals surface area contributed by atoms with Crippen LogP contribution >= 0.6 is 11.6 Å². The highest BCUT2D eigenvalue weighted by atomic mass is 35.5. The molecule has 1 heterocycles. The fourth-order valence-electron chi connectivity index (χ4n) is 2.93. The maximum absolute atomic E-state index is 12.9. The van der Waals surface area contributed by atoms with Crippen molar-refractivity contribution in [2.45, 2.75) is 12.2 Å². The molecule has 0 saturated heterocycles. The van der Waals surface area contributed by atoms with Gasteiger partial charge in [-0.05, 0) is 29.8 Å². The minimum absolute atomic E-state index is 0.347. The monoisotopic (exact) mass is 452 g/mol. The Labute approximate surface area is 182 Å². The summed E-state index contributed by atoms with van der Waals surface area (Å²) < 4.78 is 49.2. The average molecular weight is 453 g/mol. The van der Waals surface area contributed by atoms with Gasteiger partial charge in [0.2, 0.25) is 0 Å². The molecule has 0 spiro atoms. The Hall–Kier alpha value is -3.04. The van der Waals surface area contributed by atoms with Gasteiger partial charge in [-0.3, -0.25) is 0 Å². The van der Waals surface area contributed by atoms with Gasteiger partial charge in [0.1, 0.15) is 12.1 Å². The van der Waals surface area contributed by atoms with Crippen LogP contribution in [-0.2, 0) is 6.18 Å². The first kappa shape index (κ1) is 22.6. The average Bonchev–Trinajstić information content (AvgIpc) is 2.76. The summed E-state index contributed by atoms with van der Waals surface area (Å²) >= 11 is 5.81. The smallest absolute Gasteiger partial charge is 0.417 e. The largest absolute Gasteiger partial charge is 0.493 e. The summed E-state index contributed by atoms with van der Waals surface area (Å²) in [6, 6.07) is 10.1. The molecule has 6 nitrogen and oxygen atoms in total. The van der Waals surface area contributed by atoms with Gasteiger partial charge in [-0.25, -0.2) is 9.97 Å². The molecule has 3 N–H and O–H groups in total. The van der Waals surface area contributed by atoms with E-state index < -0.39 is 16.8 Å². The highest BCUT2D eigenvalue weighted by Gasteiger charge is 2.33. The highest BCUT2D eigenvalue weighted by Crippen LogP contribution is 2.36. The van der Waals surface area contributed by atoms with E-state index in [2.05, 4.69) is 15.3 Å². The quantitative estimate of drug-likeness (QED) is 0.528. The predicted molar refractivity (Wildman–Crippen MR) is 112 cm³/mol. The van der Waals surface area contributed by atoms with Crippen molar-refractivity contribution >= 4 is 17.4 Å². The second-order valence-electron chi connectivity index (χ2n) is 6.58. The Bertz CT molecular complexity index is 1060. The highest BCUT2D eigenvalue weighted by molar-refractivity contribution is 6.31. The van der Waals surface area contributed by atoms with E-state index >= 15 is 0 Å². The molecule has 0 amide bonds. The number of halogens is 4. The zero-order chi connectivity index (χ0) is 22.6. The first-order chi connectivity index (χ1) is 14.7. The van der Waals surface area contributed by atoms with Crippen LogP contribution < -0.4 is 20.5 Å². The number of hydrogen-bond donors (Lipinski definition) is 2. The van der Waals surface area contributed by atoms with E-state index in [4.69, 9.17) is 26.8 Å². The van der Waals surface area contributed by atoms with Gasteiger partial charge in [0.25, 0.3) is 0 Å². The molecule has 0 aliphatic rings. The van der Waals surface area contributed by atoms with Crippen LogP contribution in [0.15, 0.2) is 48.8 Å². The van der Waals surface area contributed by atoms with Crippen molar-refractivity contribution in [2.24, 2.45) is 5.73 Å². The van der Waals surface area contributed by atoms with Crippen LogP contribution in [0, 0.1) is 0 Å². The Morgan fingerprint density at radius 3 is 2.42 bits per heavy atom.